The van der Waals surface area contributed by atoms with E-state index in [1.807, 2.05) is 43.3 Å². The molecule has 0 saturated heterocycles. The molecule has 1 aliphatic rings. The zero-order valence-corrected chi connectivity index (χ0v) is 30.4. The van der Waals surface area contributed by atoms with Crippen LogP contribution in [0.4, 0.5) is 4.79 Å². The van der Waals surface area contributed by atoms with Gasteiger partial charge in [0.15, 0.2) is 17.7 Å². The first-order valence-electron chi connectivity index (χ1n) is 13.7. The molecule has 0 radical (unpaired) electrons. The number of methoxy groups -OCH3 is 1. The number of carbonyl (C=O) groups is 2. The molecule has 238 valence electrons. The minimum Gasteiger partial charge on any atom is -0.490 e. The number of amides is 2. The van der Waals surface area contributed by atoms with Crippen LogP contribution in [0.15, 0.2) is 75.4 Å². The summed E-state index contributed by atoms with van der Waals surface area (Å²) < 4.78 is 25.6. The molecule has 2 amide bonds. The van der Waals surface area contributed by atoms with Crippen LogP contribution in [-0.4, -0.2) is 49.9 Å². The lowest BCUT2D eigenvalue weighted by molar-refractivity contribution is -0.136. The maximum atomic E-state index is 12.5. The Balaban J connectivity index is 1.42. The van der Waals surface area contributed by atoms with Crippen LogP contribution >= 0.6 is 61.1 Å². The van der Waals surface area contributed by atoms with Gasteiger partial charge in [-0.25, -0.2) is 9.59 Å². The molecular weight excluding hydrogens is 874 g/mol. The van der Waals surface area contributed by atoms with Gasteiger partial charge < -0.3 is 34.7 Å². The van der Waals surface area contributed by atoms with Gasteiger partial charge in [-0.3, -0.25) is 5.43 Å². The van der Waals surface area contributed by atoms with E-state index in [1.165, 1.54) is 7.11 Å². The highest BCUT2D eigenvalue weighted by Gasteiger charge is 2.32. The number of ether oxygens (including phenoxy) is 4. The van der Waals surface area contributed by atoms with Gasteiger partial charge in [-0.1, -0.05) is 34.1 Å². The second-order valence-corrected chi connectivity index (χ2v) is 13.0. The zero-order valence-electron chi connectivity index (χ0n) is 24.5. The van der Waals surface area contributed by atoms with Crippen molar-refractivity contribution < 1.29 is 33.6 Å². The quantitative estimate of drug-likeness (QED) is 0.0559. The molecule has 2 atom stereocenters. The number of benzene rings is 3. The van der Waals surface area contributed by atoms with Crippen molar-refractivity contribution >= 4 is 79.3 Å². The third-order valence-electron chi connectivity index (χ3n) is 6.43. The predicted molar refractivity (Wildman–Crippen MR) is 189 cm³/mol. The molecule has 0 aliphatic carbocycles. The van der Waals surface area contributed by atoms with Crippen LogP contribution < -0.4 is 30.3 Å². The zero-order chi connectivity index (χ0) is 32.5. The van der Waals surface area contributed by atoms with Crippen LogP contribution in [0.1, 0.15) is 36.6 Å². The van der Waals surface area contributed by atoms with Gasteiger partial charge in [0.25, 0.3) is 0 Å². The number of urea groups is 1. The van der Waals surface area contributed by atoms with Gasteiger partial charge in [0.1, 0.15) is 19.0 Å². The normalized spacial score (nSPS) is 15.3. The summed E-state index contributed by atoms with van der Waals surface area (Å²) in [5, 5.41) is 20.1. The Labute approximate surface area is 296 Å². The number of rotatable bonds is 13. The van der Waals surface area contributed by atoms with E-state index in [0.717, 1.165) is 22.7 Å². The Morgan fingerprint density at radius 2 is 1.87 bits per heavy atom. The van der Waals surface area contributed by atoms with E-state index in [0.29, 0.717) is 41.7 Å². The molecule has 3 aromatic rings. The number of nitrogens with one attached hydrogen (secondary N) is 3. The van der Waals surface area contributed by atoms with Crippen molar-refractivity contribution in [3.8, 4) is 17.2 Å². The van der Waals surface area contributed by atoms with Gasteiger partial charge in [0, 0.05) is 19.3 Å². The summed E-state index contributed by atoms with van der Waals surface area (Å²) in [6, 6.07) is 15.7. The number of allylic oxidation sites excluding steroid dienone is 1. The van der Waals surface area contributed by atoms with E-state index >= 15 is 0 Å². The molecule has 4 N–H and O–H groups in total. The Kier molecular flexibility index (Phi) is 12.7. The number of nitrogens with zero attached hydrogens (tertiary/aromatic N) is 1. The van der Waals surface area contributed by atoms with Crippen molar-refractivity contribution in [3.05, 3.63) is 94.2 Å². The number of aliphatic hydroxyl groups is 1. The van der Waals surface area contributed by atoms with Crippen LogP contribution in [0.5, 0.6) is 17.2 Å². The molecule has 4 rings (SSSR count). The number of carbonyl (C=O) groups excluding carboxylic acids is 2. The van der Waals surface area contributed by atoms with Crippen molar-refractivity contribution in [2.24, 2.45) is 5.10 Å². The van der Waals surface area contributed by atoms with E-state index in [-0.39, 0.29) is 12.2 Å². The van der Waals surface area contributed by atoms with Gasteiger partial charge in [-0.2, -0.15) is 5.10 Å². The van der Waals surface area contributed by atoms with Gasteiger partial charge >= 0.3 is 12.0 Å². The van der Waals surface area contributed by atoms with Crippen molar-refractivity contribution in [2.75, 3.05) is 20.3 Å². The maximum absolute atomic E-state index is 12.5. The SMILES string of the molecule is CCOc1cc([C@H]2NC(=O)NC(C)=C2C(=O)OC)ccc1OC[C@H](O)N/N=C/c1cc(I)cc(I)c1OCc1ccc(Br)cc1. The summed E-state index contributed by atoms with van der Waals surface area (Å²) in [6.07, 6.45) is 0.441. The van der Waals surface area contributed by atoms with Crippen molar-refractivity contribution in [1.29, 1.82) is 0 Å². The Hall–Kier alpha value is -3.09. The van der Waals surface area contributed by atoms with E-state index in [2.05, 4.69) is 82.3 Å². The summed E-state index contributed by atoms with van der Waals surface area (Å²) in [5.74, 6) is 0.853. The van der Waals surface area contributed by atoms with E-state index in [4.69, 9.17) is 18.9 Å². The summed E-state index contributed by atoms with van der Waals surface area (Å²) in [7, 11) is 1.28. The second-order valence-electron chi connectivity index (χ2n) is 9.64. The maximum Gasteiger partial charge on any atom is 0.337 e. The fourth-order valence-corrected chi connectivity index (χ4v) is 6.69. The van der Waals surface area contributed by atoms with Crippen molar-refractivity contribution in [3.63, 3.8) is 0 Å². The number of esters is 1. The second kappa shape index (κ2) is 16.5. The molecular formula is C31H31BrI2N4O7. The van der Waals surface area contributed by atoms with Crippen molar-refractivity contribution in [1.82, 2.24) is 16.1 Å². The van der Waals surface area contributed by atoms with Crippen LogP contribution in [0.3, 0.4) is 0 Å². The molecule has 11 nitrogen and oxygen atoms in total. The smallest absolute Gasteiger partial charge is 0.337 e. The lowest BCUT2D eigenvalue weighted by Gasteiger charge is -2.28. The fraction of sp³-hybridized carbons (Fsp3) is 0.258. The van der Waals surface area contributed by atoms with Gasteiger partial charge in [0.2, 0.25) is 0 Å². The molecule has 0 fully saturated rings. The van der Waals surface area contributed by atoms with Crippen LogP contribution in [-0.2, 0) is 16.1 Å². The Morgan fingerprint density at radius 3 is 2.58 bits per heavy atom. The Morgan fingerprint density at radius 1 is 1.11 bits per heavy atom. The molecule has 45 heavy (non-hydrogen) atoms. The first kappa shape index (κ1) is 34.8. The molecule has 0 unspecified atom stereocenters. The number of halogens is 3. The third-order valence-corrected chi connectivity index (χ3v) is 8.39. The lowest BCUT2D eigenvalue weighted by Crippen LogP contribution is -2.45. The minimum atomic E-state index is -1.15. The van der Waals surface area contributed by atoms with Crippen molar-refractivity contribution in [2.45, 2.75) is 32.7 Å². The first-order chi connectivity index (χ1) is 21.6. The predicted octanol–water partition coefficient (Wildman–Crippen LogP) is 5.76. The number of hydrazone groups is 1. The largest absolute Gasteiger partial charge is 0.490 e. The third kappa shape index (κ3) is 9.46. The number of hydrogen-bond acceptors (Lipinski definition) is 9. The fourth-order valence-electron chi connectivity index (χ4n) is 4.38. The van der Waals surface area contributed by atoms with Gasteiger partial charge in [-0.05, 0) is 107 Å². The van der Waals surface area contributed by atoms with Gasteiger partial charge in [0.05, 0.1) is 35.1 Å². The highest BCUT2D eigenvalue weighted by molar-refractivity contribution is 14.1. The van der Waals surface area contributed by atoms with Crippen LogP contribution in [0.25, 0.3) is 0 Å². The average Bonchev–Trinajstić information content (AvgIpc) is 3.00. The molecule has 0 spiro atoms. The highest BCUT2D eigenvalue weighted by Crippen LogP contribution is 2.35. The molecule has 0 saturated carbocycles. The number of aliphatic hydroxyl groups excluding tert-OH is 1. The van der Waals surface area contributed by atoms with Crippen LogP contribution in [0.2, 0.25) is 0 Å². The molecule has 14 heteroatoms. The standard InChI is InChI=1S/C31H31BrI2N4O7/c1-4-43-25-12-19(28-27(30(40)42-3)17(2)36-31(41)37-28)7-10-24(25)44-16-26(39)38-35-14-20-11-22(33)13-23(34)29(20)45-15-18-5-8-21(32)9-6-18/h5-14,26,28,38-39H,4,15-16H2,1-3H3,(H2,36,37,41)/b35-14+/t26-,28+/m0/s1. The molecule has 0 bridgehead atoms. The van der Waals surface area contributed by atoms with E-state index < -0.39 is 24.3 Å². The summed E-state index contributed by atoms with van der Waals surface area (Å²) in [6.45, 7) is 4.03. The average molecular weight is 905 g/mol. The molecule has 0 aromatic heterocycles. The minimum absolute atomic E-state index is 0.149. The first-order valence-corrected chi connectivity index (χ1v) is 16.6. The monoisotopic (exact) mass is 904 g/mol. The summed E-state index contributed by atoms with van der Waals surface area (Å²) in [4.78, 5) is 24.6. The van der Waals surface area contributed by atoms with Gasteiger partial charge in [-0.15, -0.1) is 0 Å². The van der Waals surface area contributed by atoms with E-state index in [9.17, 15) is 14.7 Å². The highest BCUT2D eigenvalue weighted by atomic mass is 127. The summed E-state index contributed by atoms with van der Waals surface area (Å²) >= 11 is 7.91. The van der Waals surface area contributed by atoms with Crippen LogP contribution in [0, 0.1) is 7.14 Å². The number of hydrogen-bond donors (Lipinski definition) is 4. The Bertz CT molecular complexity index is 1600. The topological polar surface area (TPSA) is 140 Å². The molecule has 1 heterocycles. The summed E-state index contributed by atoms with van der Waals surface area (Å²) in [5.41, 5.74) is 5.71. The molecule has 3 aromatic carbocycles. The lowest BCUT2D eigenvalue weighted by atomic mass is 9.95. The van der Waals surface area contributed by atoms with E-state index in [1.54, 1.807) is 31.3 Å². The molecule has 1 aliphatic heterocycles.